The number of fused-ring (bicyclic) bond motifs is 1. The molecule has 35 heavy (non-hydrogen) atoms. The normalized spacial score (nSPS) is 17.3. The molecule has 4 rings (SSSR count). The van der Waals surface area contributed by atoms with Crippen LogP contribution in [0, 0.1) is 0 Å². The summed E-state index contributed by atoms with van der Waals surface area (Å²) < 4.78 is 25.0. The lowest BCUT2D eigenvalue weighted by molar-refractivity contribution is 0.0981. The minimum atomic E-state index is -3.62. The number of carbonyl (C=O) groups is 1. The van der Waals surface area contributed by atoms with Gasteiger partial charge in [-0.3, -0.25) is 4.79 Å². The monoisotopic (exact) mass is 490 g/mol. The fraction of sp³-hybridized carbons (Fsp3) is 0.345. The summed E-state index contributed by atoms with van der Waals surface area (Å²) in [6, 6.07) is 22.9. The summed E-state index contributed by atoms with van der Waals surface area (Å²) in [6.07, 6.45) is 1.82. The Labute approximate surface area is 209 Å². The summed E-state index contributed by atoms with van der Waals surface area (Å²) in [5, 5.41) is 3.64. The molecule has 3 aromatic carbocycles. The minimum Gasteiger partial charge on any atom is -0.378 e. The maximum absolute atomic E-state index is 12.4. The molecule has 1 aliphatic rings. The first-order valence-electron chi connectivity index (χ1n) is 11.9. The Hall–Kier alpha value is -3.12. The van der Waals surface area contributed by atoms with Gasteiger partial charge in [0.2, 0.25) is 10.0 Å². The zero-order valence-electron chi connectivity index (χ0n) is 21.3. The van der Waals surface area contributed by atoms with E-state index >= 15 is 0 Å². The van der Waals surface area contributed by atoms with Crippen LogP contribution in [-0.4, -0.2) is 20.6 Å². The lowest BCUT2D eigenvalue weighted by Gasteiger charge is -2.39. The molecule has 0 spiro atoms. The second kappa shape index (κ2) is 8.83. The first-order valence-corrected chi connectivity index (χ1v) is 13.8. The van der Waals surface area contributed by atoms with E-state index < -0.39 is 15.9 Å². The van der Waals surface area contributed by atoms with E-state index in [1.165, 1.54) is 22.3 Å². The fourth-order valence-electron chi connectivity index (χ4n) is 4.76. The first kappa shape index (κ1) is 25.0. The van der Waals surface area contributed by atoms with Gasteiger partial charge < -0.3 is 5.32 Å². The van der Waals surface area contributed by atoms with Crippen molar-refractivity contribution in [3.63, 3.8) is 0 Å². The van der Waals surface area contributed by atoms with E-state index in [4.69, 9.17) is 0 Å². The number of hydrogen-bond donors (Lipinski definition) is 2. The van der Waals surface area contributed by atoms with Gasteiger partial charge >= 0.3 is 0 Å². The van der Waals surface area contributed by atoms with Gasteiger partial charge in [0.25, 0.3) is 5.91 Å². The van der Waals surface area contributed by atoms with Crippen LogP contribution in [0.2, 0.25) is 0 Å². The lowest BCUT2D eigenvalue weighted by Crippen LogP contribution is -2.33. The average molecular weight is 491 g/mol. The van der Waals surface area contributed by atoms with E-state index in [-0.39, 0.29) is 16.9 Å². The van der Waals surface area contributed by atoms with Crippen molar-refractivity contribution in [2.45, 2.75) is 57.9 Å². The van der Waals surface area contributed by atoms with Gasteiger partial charge in [-0.1, -0.05) is 77.1 Å². The highest BCUT2D eigenvalue weighted by molar-refractivity contribution is 7.89. The van der Waals surface area contributed by atoms with Gasteiger partial charge in [-0.2, -0.15) is 0 Å². The molecular formula is C29H34N2O3S. The zero-order valence-corrected chi connectivity index (χ0v) is 22.1. The minimum absolute atomic E-state index is 0.113. The molecule has 6 heteroatoms. The van der Waals surface area contributed by atoms with Crippen molar-refractivity contribution < 1.29 is 13.2 Å². The van der Waals surface area contributed by atoms with Gasteiger partial charge in [0, 0.05) is 11.3 Å². The second-order valence-electron chi connectivity index (χ2n) is 11.2. The first-order chi connectivity index (χ1) is 16.2. The van der Waals surface area contributed by atoms with Crippen molar-refractivity contribution in [1.29, 1.82) is 0 Å². The molecule has 1 heterocycles. The summed E-state index contributed by atoms with van der Waals surface area (Å²) in [7, 11) is -3.62. The van der Waals surface area contributed by atoms with Crippen molar-refractivity contribution >= 4 is 21.6 Å². The summed E-state index contributed by atoms with van der Waals surface area (Å²) in [6.45, 7) is 11.0. The van der Waals surface area contributed by atoms with Gasteiger partial charge in [-0.05, 0) is 69.3 Å². The molecule has 0 fully saturated rings. The molecule has 1 unspecified atom stereocenters. The van der Waals surface area contributed by atoms with Crippen LogP contribution in [-0.2, 0) is 20.9 Å². The zero-order chi connectivity index (χ0) is 25.6. The third-order valence-electron chi connectivity index (χ3n) is 6.71. The lowest BCUT2D eigenvalue weighted by atomic mass is 9.73. The third-order valence-corrected chi connectivity index (χ3v) is 7.26. The predicted octanol–water partition coefficient (Wildman–Crippen LogP) is 6.18. The van der Waals surface area contributed by atoms with E-state index in [2.05, 4.69) is 93.2 Å². The fourth-order valence-corrected chi connectivity index (χ4v) is 5.21. The molecule has 1 amide bonds. The smallest absolute Gasteiger partial charge is 0.264 e. The van der Waals surface area contributed by atoms with Crippen LogP contribution in [0.15, 0.2) is 66.7 Å². The Bertz CT molecular complexity index is 1370. The molecule has 1 atom stereocenters. The van der Waals surface area contributed by atoms with Gasteiger partial charge in [0.1, 0.15) is 0 Å². The van der Waals surface area contributed by atoms with Crippen LogP contribution in [0.1, 0.15) is 74.1 Å². The van der Waals surface area contributed by atoms with Gasteiger partial charge in [-0.25, -0.2) is 13.1 Å². The molecule has 1 aliphatic heterocycles. The summed E-state index contributed by atoms with van der Waals surface area (Å²) in [4.78, 5) is 12.4. The van der Waals surface area contributed by atoms with Crippen molar-refractivity contribution in [2.75, 3.05) is 11.6 Å². The molecule has 0 saturated heterocycles. The number of rotatable bonds is 4. The summed E-state index contributed by atoms with van der Waals surface area (Å²) >= 11 is 0. The number of amides is 1. The highest BCUT2D eigenvalue weighted by atomic mass is 32.2. The number of hydrogen-bond acceptors (Lipinski definition) is 4. The van der Waals surface area contributed by atoms with Crippen LogP contribution in [0.5, 0.6) is 0 Å². The third kappa shape index (κ3) is 5.59. The molecule has 184 valence electrons. The molecule has 0 bridgehead atoms. The Morgan fingerprint density at radius 1 is 0.971 bits per heavy atom. The van der Waals surface area contributed by atoms with E-state index in [0.717, 1.165) is 23.9 Å². The SMILES string of the molecule is CC(C)(C)c1ccc(-c2cccc(C3CC(C)(C)c4cc(C(=O)NS(C)(=O)=O)ccc4N3)c2)cc1. The van der Waals surface area contributed by atoms with Crippen molar-refractivity contribution in [1.82, 2.24) is 4.72 Å². The Morgan fingerprint density at radius 3 is 2.29 bits per heavy atom. The highest BCUT2D eigenvalue weighted by Gasteiger charge is 2.34. The molecule has 0 radical (unpaired) electrons. The number of carbonyl (C=O) groups excluding carboxylic acids is 1. The van der Waals surface area contributed by atoms with Gasteiger partial charge in [0.15, 0.2) is 0 Å². The van der Waals surface area contributed by atoms with Crippen LogP contribution in [0.4, 0.5) is 5.69 Å². The predicted molar refractivity (Wildman–Crippen MR) is 143 cm³/mol. The molecule has 5 nitrogen and oxygen atoms in total. The number of nitrogens with one attached hydrogen (secondary N) is 2. The van der Waals surface area contributed by atoms with E-state index in [0.29, 0.717) is 5.56 Å². The Kier molecular flexibility index (Phi) is 6.30. The maximum atomic E-state index is 12.4. The summed E-state index contributed by atoms with van der Waals surface area (Å²) in [5.41, 5.74) is 7.11. The number of anilines is 1. The van der Waals surface area contributed by atoms with Crippen LogP contribution < -0.4 is 10.0 Å². The summed E-state index contributed by atoms with van der Waals surface area (Å²) in [5.74, 6) is -0.613. The van der Waals surface area contributed by atoms with Gasteiger partial charge in [0.05, 0.1) is 12.3 Å². The van der Waals surface area contributed by atoms with E-state index in [1.807, 2.05) is 6.07 Å². The largest absolute Gasteiger partial charge is 0.378 e. The molecule has 2 N–H and O–H groups in total. The van der Waals surface area contributed by atoms with Crippen molar-refractivity contribution in [2.24, 2.45) is 0 Å². The Balaban J connectivity index is 1.61. The molecule has 3 aromatic rings. The second-order valence-corrected chi connectivity index (χ2v) is 12.9. The number of benzene rings is 3. The van der Waals surface area contributed by atoms with E-state index in [1.54, 1.807) is 12.1 Å². The quantitative estimate of drug-likeness (QED) is 0.458. The van der Waals surface area contributed by atoms with Crippen LogP contribution in [0.25, 0.3) is 11.1 Å². The molecular weight excluding hydrogens is 456 g/mol. The maximum Gasteiger partial charge on any atom is 0.264 e. The van der Waals surface area contributed by atoms with Gasteiger partial charge in [-0.15, -0.1) is 0 Å². The van der Waals surface area contributed by atoms with E-state index in [9.17, 15) is 13.2 Å². The molecule has 0 aromatic heterocycles. The van der Waals surface area contributed by atoms with Crippen LogP contribution >= 0.6 is 0 Å². The highest BCUT2D eigenvalue weighted by Crippen LogP contribution is 2.44. The molecule has 0 aliphatic carbocycles. The van der Waals surface area contributed by atoms with Crippen molar-refractivity contribution in [3.05, 3.63) is 89.0 Å². The Morgan fingerprint density at radius 2 is 1.66 bits per heavy atom. The van der Waals surface area contributed by atoms with Crippen LogP contribution in [0.3, 0.4) is 0 Å². The average Bonchev–Trinajstić information content (AvgIpc) is 2.77. The number of sulfonamides is 1. The van der Waals surface area contributed by atoms with Crippen molar-refractivity contribution in [3.8, 4) is 11.1 Å². The topological polar surface area (TPSA) is 75.3 Å². The molecule has 0 saturated carbocycles. The standard InChI is InChI=1S/C29H34N2O3S/c1-28(2,3)23-13-10-19(11-14-23)20-8-7-9-21(16-20)26-18-29(4,5)24-17-22(12-15-25(24)30-26)27(32)31-35(6,33)34/h7-17,26,30H,18H2,1-6H3,(H,31,32).